The van der Waals surface area contributed by atoms with Crippen LogP contribution in [0.25, 0.3) is 0 Å². The summed E-state index contributed by atoms with van der Waals surface area (Å²) in [6.07, 6.45) is -0.785. The van der Waals surface area contributed by atoms with Gasteiger partial charge in [-0.05, 0) is 31.2 Å². The summed E-state index contributed by atoms with van der Waals surface area (Å²) in [5, 5.41) is 2.64. The molecule has 120 valence electrons. The van der Waals surface area contributed by atoms with Crippen LogP contribution in [0.2, 0.25) is 0 Å². The van der Waals surface area contributed by atoms with Crippen LogP contribution in [0.4, 0.5) is 5.69 Å². The zero-order valence-electron chi connectivity index (χ0n) is 12.9. The third-order valence-electron chi connectivity index (χ3n) is 3.19. The van der Waals surface area contributed by atoms with E-state index in [2.05, 4.69) is 5.32 Å². The van der Waals surface area contributed by atoms with Gasteiger partial charge in [0.05, 0.1) is 18.4 Å². The number of primary amides is 1. The van der Waals surface area contributed by atoms with Crippen molar-refractivity contribution in [2.45, 2.75) is 13.0 Å². The summed E-state index contributed by atoms with van der Waals surface area (Å²) >= 11 is 0. The van der Waals surface area contributed by atoms with Crippen LogP contribution in [-0.4, -0.2) is 25.0 Å². The van der Waals surface area contributed by atoms with Gasteiger partial charge in [-0.25, -0.2) is 0 Å². The van der Waals surface area contributed by atoms with Gasteiger partial charge in [-0.3, -0.25) is 9.59 Å². The first-order valence-electron chi connectivity index (χ1n) is 7.02. The van der Waals surface area contributed by atoms with Gasteiger partial charge in [-0.15, -0.1) is 0 Å². The maximum atomic E-state index is 12.3. The van der Waals surface area contributed by atoms with Crippen molar-refractivity contribution in [3.8, 4) is 11.5 Å². The topological polar surface area (TPSA) is 90.7 Å². The molecule has 0 saturated heterocycles. The van der Waals surface area contributed by atoms with E-state index < -0.39 is 17.9 Å². The normalized spacial score (nSPS) is 11.4. The molecule has 0 aliphatic carbocycles. The van der Waals surface area contributed by atoms with E-state index in [1.165, 1.54) is 7.11 Å². The molecule has 6 heteroatoms. The Morgan fingerprint density at radius 2 is 1.65 bits per heavy atom. The summed E-state index contributed by atoms with van der Waals surface area (Å²) < 4.78 is 10.8. The first-order valence-corrected chi connectivity index (χ1v) is 7.02. The number of hydrogen-bond donors (Lipinski definition) is 2. The molecule has 3 N–H and O–H groups in total. The molecule has 0 aliphatic rings. The lowest BCUT2D eigenvalue weighted by atomic mass is 10.1. The zero-order valence-corrected chi connectivity index (χ0v) is 12.9. The first kappa shape index (κ1) is 16.4. The molecule has 0 saturated carbocycles. The summed E-state index contributed by atoms with van der Waals surface area (Å²) in [6.45, 7) is 1.61. The molecule has 0 bridgehead atoms. The minimum atomic E-state index is -0.785. The number of benzene rings is 2. The Bertz CT molecular complexity index is 715. The third-order valence-corrected chi connectivity index (χ3v) is 3.19. The minimum absolute atomic E-state index is 0.241. The Kier molecular flexibility index (Phi) is 5.19. The van der Waals surface area contributed by atoms with Crippen LogP contribution in [0.15, 0.2) is 48.5 Å². The van der Waals surface area contributed by atoms with Gasteiger partial charge in [0.25, 0.3) is 11.8 Å². The van der Waals surface area contributed by atoms with E-state index >= 15 is 0 Å². The Labute approximate surface area is 134 Å². The molecule has 2 aromatic carbocycles. The van der Waals surface area contributed by atoms with Crippen LogP contribution in [0.3, 0.4) is 0 Å². The fourth-order valence-corrected chi connectivity index (χ4v) is 2.00. The van der Waals surface area contributed by atoms with Gasteiger partial charge >= 0.3 is 0 Å². The third kappa shape index (κ3) is 4.00. The lowest BCUT2D eigenvalue weighted by Gasteiger charge is -2.17. The lowest BCUT2D eigenvalue weighted by molar-refractivity contribution is -0.122. The second-order valence-electron chi connectivity index (χ2n) is 4.81. The van der Waals surface area contributed by atoms with Gasteiger partial charge in [0.15, 0.2) is 17.6 Å². The van der Waals surface area contributed by atoms with Crippen molar-refractivity contribution in [1.82, 2.24) is 0 Å². The summed E-state index contributed by atoms with van der Waals surface area (Å²) in [4.78, 5) is 23.6. The number of anilines is 1. The number of carbonyl (C=O) groups excluding carboxylic acids is 2. The summed E-state index contributed by atoms with van der Waals surface area (Å²) in [7, 11) is 1.52. The molecule has 0 radical (unpaired) electrons. The number of nitrogens with one attached hydrogen (secondary N) is 1. The number of para-hydroxylation sites is 3. The molecule has 1 atom stereocenters. The van der Waals surface area contributed by atoms with Gasteiger partial charge in [-0.1, -0.05) is 24.3 Å². The fourth-order valence-electron chi connectivity index (χ4n) is 2.00. The number of ether oxygens (including phenoxy) is 2. The van der Waals surface area contributed by atoms with Crippen LogP contribution >= 0.6 is 0 Å². The molecule has 2 aromatic rings. The molecule has 2 rings (SSSR count). The van der Waals surface area contributed by atoms with E-state index in [0.29, 0.717) is 17.2 Å². The van der Waals surface area contributed by atoms with Crippen molar-refractivity contribution >= 4 is 17.5 Å². The second-order valence-corrected chi connectivity index (χ2v) is 4.81. The van der Waals surface area contributed by atoms with E-state index in [1.807, 2.05) is 0 Å². The largest absolute Gasteiger partial charge is 0.493 e. The van der Waals surface area contributed by atoms with Crippen LogP contribution in [0.5, 0.6) is 11.5 Å². The number of amides is 2. The highest BCUT2D eigenvalue weighted by atomic mass is 16.5. The quantitative estimate of drug-likeness (QED) is 0.855. The molecule has 0 heterocycles. The molecule has 0 spiro atoms. The Morgan fingerprint density at radius 3 is 2.30 bits per heavy atom. The maximum absolute atomic E-state index is 12.3. The molecular formula is C17H18N2O4. The predicted molar refractivity (Wildman–Crippen MR) is 86.7 cm³/mol. The van der Waals surface area contributed by atoms with Gasteiger partial charge in [0.1, 0.15) is 0 Å². The Hall–Kier alpha value is -3.02. The number of rotatable bonds is 6. The van der Waals surface area contributed by atoms with Gasteiger partial charge in [0.2, 0.25) is 0 Å². The van der Waals surface area contributed by atoms with Crippen molar-refractivity contribution in [3.63, 3.8) is 0 Å². The summed E-state index contributed by atoms with van der Waals surface area (Å²) in [5.41, 5.74) is 5.88. The Morgan fingerprint density at radius 1 is 1.04 bits per heavy atom. The SMILES string of the molecule is COc1ccccc1O[C@H](C)C(=O)Nc1ccccc1C(N)=O. The van der Waals surface area contributed by atoms with Crippen molar-refractivity contribution in [1.29, 1.82) is 0 Å². The van der Waals surface area contributed by atoms with Crippen LogP contribution in [0, 0.1) is 0 Å². The molecule has 0 aliphatic heterocycles. The summed E-state index contributed by atoms with van der Waals surface area (Å²) in [6, 6.07) is 13.6. The van der Waals surface area contributed by atoms with Crippen LogP contribution in [0.1, 0.15) is 17.3 Å². The number of hydrogen-bond acceptors (Lipinski definition) is 4. The molecule has 23 heavy (non-hydrogen) atoms. The average molecular weight is 314 g/mol. The highest BCUT2D eigenvalue weighted by Crippen LogP contribution is 2.27. The number of methoxy groups -OCH3 is 1. The van der Waals surface area contributed by atoms with E-state index in [0.717, 1.165) is 0 Å². The van der Waals surface area contributed by atoms with Crippen molar-refractivity contribution in [2.24, 2.45) is 5.73 Å². The second kappa shape index (κ2) is 7.31. The zero-order chi connectivity index (χ0) is 16.8. The highest BCUT2D eigenvalue weighted by Gasteiger charge is 2.18. The van der Waals surface area contributed by atoms with E-state index in [1.54, 1.807) is 55.5 Å². The highest BCUT2D eigenvalue weighted by molar-refractivity contribution is 6.03. The van der Waals surface area contributed by atoms with Gasteiger partial charge in [0, 0.05) is 0 Å². The van der Waals surface area contributed by atoms with Crippen molar-refractivity contribution < 1.29 is 19.1 Å². The minimum Gasteiger partial charge on any atom is -0.493 e. The maximum Gasteiger partial charge on any atom is 0.265 e. The fraction of sp³-hybridized carbons (Fsp3) is 0.176. The first-order chi connectivity index (χ1) is 11.0. The van der Waals surface area contributed by atoms with Crippen LogP contribution < -0.4 is 20.5 Å². The van der Waals surface area contributed by atoms with E-state index in [9.17, 15) is 9.59 Å². The predicted octanol–water partition coefficient (Wildman–Crippen LogP) is 2.20. The standard InChI is InChI=1S/C17H18N2O4/c1-11(23-15-10-6-5-9-14(15)22-2)17(21)19-13-8-4-3-7-12(13)16(18)20/h3-11H,1-2H3,(H2,18,20)(H,19,21)/t11-/m1/s1. The monoisotopic (exact) mass is 314 g/mol. The number of nitrogens with two attached hydrogens (primary N) is 1. The summed E-state index contributed by atoms with van der Waals surface area (Å²) in [5.74, 6) is -0.0191. The molecule has 2 amide bonds. The molecule has 0 unspecified atom stereocenters. The van der Waals surface area contributed by atoms with E-state index in [-0.39, 0.29) is 5.56 Å². The molecule has 6 nitrogen and oxygen atoms in total. The van der Waals surface area contributed by atoms with Crippen molar-refractivity contribution in [3.05, 3.63) is 54.1 Å². The molecule has 0 fully saturated rings. The average Bonchev–Trinajstić information content (AvgIpc) is 2.55. The molecular weight excluding hydrogens is 296 g/mol. The van der Waals surface area contributed by atoms with Crippen molar-refractivity contribution in [2.75, 3.05) is 12.4 Å². The lowest BCUT2D eigenvalue weighted by Crippen LogP contribution is -2.31. The molecule has 0 aromatic heterocycles. The van der Waals surface area contributed by atoms with Gasteiger partial charge < -0.3 is 20.5 Å². The smallest absolute Gasteiger partial charge is 0.265 e. The number of carbonyl (C=O) groups is 2. The van der Waals surface area contributed by atoms with Crippen LogP contribution in [-0.2, 0) is 4.79 Å². The Balaban J connectivity index is 2.10. The van der Waals surface area contributed by atoms with Gasteiger partial charge in [-0.2, -0.15) is 0 Å². The van der Waals surface area contributed by atoms with E-state index in [4.69, 9.17) is 15.2 Å².